The van der Waals surface area contributed by atoms with Crippen molar-refractivity contribution in [2.45, 2.75) is 31.5 Å². The number of rotatable bonds is 0. The van der Waals surface area contributed by atoms with E-state index in [9.17, 15) is 9.90 Å². The van der Waals surface area contributed by atoms with E-state index >= 15 is 0 Å². The Morgan fingerprint density at radius 2 is 2.36 bits per heavy atom. The number of hydrogen-bond donors (Lipinski definition) is 1. The fourth-order valence-electron chi connectivity index (χ4n) is 1.68. The van der Waals surface area contributed by atoms with Crippen molar-refractivity contribution in [2.75, 3.05) is 0 Å². The highest BCUT2D eigenvalue weighted by atomic mass is 16.7. The molecule has 0 saturated heterocycles. The quantitative estimate of drug-likeness (QED) is 0.523. The van der Waals surface area contributed by atoms with Crippen LogP contribution in [0.1, 0.15) is 25.7 Å². The summed E-state index contributed by atoms with van der Waals surface area (Å²) in [6.07, 6.45) is 4.75. The predicted molar refractivity (Wildman–Crippen MR) is 37.6 cm³/mol. The fraction of sp³-hybridized carbons (Fsp3) is 0.625. The molecule has 2 rings (SSSR count). The standard InChI is InChI=1S/C8H10O3/c9-7-5-6-3-1-2-4-8(6,10)11-7/h5,10H,1-4H2. The van der Waals surface area contributed by atoms with Crippen LogP contribution in [0.15, 0.2) is 11.6 Å². The first-order valence-corrected chi connectivity index (χ1v) is 3.87. The minimum absolute atomic E-state index is 0.399. The topological polar surface area (TPSA) is 46.5 Å². The third-order valence-electron chi connectivity index (χ3n) is 2.28. The number of fused-ring (bicyclic) bond motifs is 1. The van der Waals surface area contributed by atoms with Gasteiger partial charge in [-0.05, 0) is 19.3 Å². The van der Waals surface area contributed by atoms with Crippen LogP contribution < -0.4 is 0 Å². The molecule has 1 aliphatic heterocycles. The van der Waals surface area contributed by atoms with Crippen LogP contribution in [0.5, 0.6) is 0 Å². The van der Waals surface area contributed by atoms with E-state index in [4.69, 9.17) is 4.74 Å². The summed E-state index contributed by atoms with van der Waals surface area (Å²) in [5.74, 6) is -1.63. The van der Waals surface area contributed by atoms with Gasteiger partial charge in [-0.2, -0.15) is 0 Å². The van der Waals surface area contributed by atoms with Gasteiger partial charge in [0, 0.05) is 18.1 Å². The van der Waals surface area contributed by atoms with Crippen molar-refractivity contribution in [1.82, 2.24) is 0 Å². The molecular formula is C8H10O3. The Bertz CT molecular complexity index is 231. The van der Waals surface area contributed by atoms with Gasteiger partial charge in [0.25, 0.3) is 0 Å². The number of aliphatic hydroxyl groups is 1. The van der Waals surface area contributed by atoms with E-state index in [0.29, 0.717) is 6.42 Å². The van der Waals surface area contributed by atoms with Gasteiger partial charge in [-0.15, -0.1) is 0 Å². The third-order valence-corrected chi connectivity index (χ3v) is 2.28. The maximum absolute atomic E-state index is 10.8. The average molecular weight is 154 g/mol. The molecule has 1 aliphatic carbocycles. The van der Waals surface area contributed by atoms with Crippen LogP contribution in [0.4, 0.5) is 0 Å². The molecule has 0 bridgehead atoms. The molecule has 1 saturated carbocycles. The van der Waals surface area contributed by atoms with E-state index in [-0.39, 0.29) is 0 Å². The molecule has 1 unspecified atom stereocenters. The molecule has 2 aliphatic rings. The van der Waals surface area contributed by atoms with E-state index < -0.39 is 11.8 Å². The maximum Gasteiger partial charge on any atom is 0.333 e. The summed E-state index contributed by atoms with van der Waals surface area (Å²) >= 11 is 0. The summed E-state index contributed by atoms with van der Waals surface area (Å²) in [5.41, 5.74) is 0.758. The molecule has 11 heavy (non-hydrogen) atoms. The Labute approximate surface area is 64.7 Å². The van der Waals surface area contributed by atoms with Gasteiger partial charge < -0.3 is 9.84 Å². The van der Waals surface area contributed by atoms with E-state index in [0.717, 1.165) is 24.8 Å². The summed E-state index contributed by atoms with van der Waals surface area (Å²) in [7, 11) is 0. The van der Waals surface area contributed by atoms with Crippen molar-refractivity contribution >= 4 is 5.97 Å². The van der Waals surface area contributed by atoms with Gasteiger partial charge in [-0.1, -0.05) is 0 Å². The Kier molecular flexibility index (Phi) is 1.29. The van der Waals surface area contributed by atoms with Crippen molar-refractivity contribution in [2.24, 2.45) is 0 Å². The Hall–Kier alpha value is -0.830. The Morgan fingerprint density at radius 3 is 3.09 bits per heavy atom. The summed E-state index contributed by atoms with van der Waals surface area (Å²) in [6, 6.07) is 0. The lowest BCUT2D eigenvalue weighted by molar-refractivity contribution is -0.186. The number of esters is 1. The highest BCUT2D eigenvalue weighted by molar-refractivity contribution is 5.86. The normalized spacial score (nSPS) is 36.1. The lowest BCUT2D eigenvalue weighted by atomic mass is 9.90. The highest BCUT2D eigenvalue weighted by Crippen LogP contribution is 2.37. The molecule has 0 spiro atoms. The fourth-order valence-corrected chi connectivity index (χ4v) is 1.68. The van der Waals surface area contributed by atoms with Gasteiger partial charge in [0.2, 0.25) is 5.79 Å². The minimum atomic E-state index is -1.23. The van der Waals surface area contributed by atoms with E-state index in [2.05, 4.69) is 0 Å². The van der Waals surface area contributed by atoms with E-state index in [1.807, 2.05) is 0 Å². The molecule has 60 valence electrons. The summed E-state index contributed by atoms with van der Waals surface area (Å²) < 4.78 is 4.78. The van der Waals surface area contributed by atoms with Crippen molar-refractivity contribution in [3.05, 3.63) is 11.6 Å². The molecule has 0 aromatic heterocycles. The molecule has 3 heteroatoms. The molecule has 1 N–H and O–H groups in total. The molecule has 1 atom stereocenters. The third kappa shape index (κ3) is 0.959. The SMILES string of the molecule is O=C1C=C2CCCCC2(O)O1. The van der Waals surface area contributed by atoms with Crippen molar-refractivity contribution in [3.63, 3.8) is 0 Å². The molecule has 1 heterocycles. The monoisotopic (exact) mass is 154 g/mol. The molecule has 0 amide bonds. The van der Waals surface area contributed by atoms with Crippen LogP contribution in [0.3, 0.4) is 0 Å². The minimum Gasteiger partial charge on any atom is -0.426 e. The maximum atomic E-state index is 10.8. The first-order chi connectivity index (χ1) is 5.21. The van der Waals surface area contributed by atoms with Crippen LogP contribution in [0.2, 0.25) is 0 Å². The van der Waals surface area contributed by atoms with Gasteiger partial charge in [-0.25, -0.2) is 4.79 Å². The van der Waals surface area contributed by atoms with E-state index in [1.54, 1.807) is 0 Å². The molecular weight excluding hydrogens is 144 g/mol. The van der Waals surface area contributed by atoms with Crippen molar-refractivity contribution in [1.29, 1.82) is 0 Å². The van der Waals surface area contributed by atoms with Crippen LogP contribution in [-0.2, 0) is 9.53 Å². The summed E-state index contributed by atoms with van der Waals surface area (Å²) in [4.78, 5) is 10.8. The van der Waals surface area contributed by atoms with Gasteiger partial charge in [0.05, 0.1) is 0 Å². The second kappa shape index (κ2) is 2.08. The second-order valence-corrected chi connectivity index (χ2v) is 3.08. The lowest BCUT2D eigenvalue weighted by Crippen LogP contribution is -2.33. The van der Waals surface area contributed by atoms with E-state index in [1.165, 1.54) is 6.08 Å². The molecule has 0 radical (unpaired) electrons. The number of hydrogen-bond acceptors (Lipinski definition) is 3. The molecule has 3 nitrogen and oxygen atoms in total. The lowest BCUT2D eigenvalue weighted by Gasteiger charge is -2.28. The smallest absolute Gasteiger partial charge is 0.333 e. The van der Waals surface area contributed by atoms with Crippen LogP contribution in [-0.4, -0.2) is 16.9 Å². The first kappa shape index (κ1) is 6.85. The zero-order valence-electron chi connectivity index (χ0n) is 6.17. The zero-order valence-corrected chi connectivity index (χ0v) is 6.17. The van der Waals surface area contributed by atoms with Gasteiger partial charge >= 0.3 is 5.97 Å². The van der Waals surface area contributed by atoms with Crippen molar-refractivity contribution in [3.8, 4) is 0 Å². The number of carbonyl (C=O) groups excluding carboxylic acids is 1. The second-order valence-electron chi connectivity index (χ2n) is 3.08. The molecule has 0 aromatic carbocycles. The predicted octanol–water partition coefficient (Wildman–Crippen LogP) is 0.732. The summed E-state index contributed by atoms with van der Waals surface area (Å²) in [5, 5.41) is 9.67. The Balaban J connectivity index is 2.29. The number of carbonyl (C=O) groups is 1. The first-order valence-electron chi connectivity index (χ1n) is 3.87. The van der Waals surface area contributed by atoms with Crippen LogP contribution >= 0.6 is 0 Å². The highest BCUT2D eigenvalue weighted by Gasteiger charge is 2.42. The van der Waals surface area contributed by atoms with Crippen molar-refractivity contribution < 1.29 is 14.6 Å². The number of ether oxygens (including phenoxy) is 1. The summed E-state index contributed by atoms with van der Waals surface area (Å²) in [6.45, 7) is 0. The van der Waals surface area contributed by atoms with Crippen LogP contribution in [0.25, 0.3) is 0 Å². The Morgan fingerprint density at radius 1 is 1.55 bits per heavy atom. The zero-order chi connectivity index (χ0) is 7.90. The van der Waals surface area contributed by atoms with Gasteiger partial charge in [0.15, 0.2) is 0 Å². The average Bonchev–Trinajstić information content (AvgIpc) is 2.22. The molecule has 0 aromatic rings. The van der Waals surface area contributed by atoms with Gasteiger partial charge in [-0.3, -0.25) is 0 Å². The molecule has 1 fully saturated rings. The van der Waals surface area contributed by atoms with Crippen LogP contribution in [0, 0.1) is 0 Å². The van der Waals surface area contributed by atoms with Gasteiger partial charge in [0.1, 0.15) is 0 Å². The largest absolute Gasteiger partial charge is 0.426 e.